The van der Waals surface area contributed by atoms with Crippen LogP contribution in [0.3, 0.4) is 0 Å². The van der Waals surface area contributed by atoms with E-state index < -0.39 is 8.07 Å². The van der Waals surface area contributed by atoms with Crippen molar-refractivity contribution in [2.24, 2.45) is 0 Å². The van der Waals surface area contributed by atoms with Crippen molar-refractivity contribution >= 4 is 18.4 Å². The van der Waals surface area contributed by atoms with E-state index >= 15 is 0 Å². The fourth-order valence-corrected chi connectivity index (χ4v) is 4.17. The molecular formula is C22H20Fe2Si-8. The van der Waals surface area contributed by atoms with Crippen molar-refractivity contribution in [3.63, 3.8) is 0 Å². The molecule has 0 N–H and O–H groups in total. The van der Waals surface area contributed by atoms with Gasteiger partial charge in [0.1, 0.15) is 0 Å². The Morgan fingerprint density at radius 1 is 0.680 bits per heavy atom. The SMILES string of the molecule is C[Si](C)([c-]1[c-][c-][c-][c-]1)[c-]1cccc1.[Fe].[Fe].c1cc[cH-]c1.c1cc[cH-]c1. The summed E-state index contributed by atoms with van der Waals surface area (Å²) in [4.78, 5) is 0. The van der Waals surface area contributed by atoms with Gasteiger partial charge in [-0.3, -0.25) is 0 Å². The molecule has 0 spiro atoms. The predicted octanol–water partition coefficient (Wildman–Crippen LogP) is 3.95. The van der Waals surface area contributed by atoms with Crippen LogP contribution in [0.4, 0.5) is 0 Å². The molecule has 3 heteroatoms. The van der Waals surface area contributed by atoms with Gasteiger partial charge in [-0.25, -0.2) is 36.4 Å². The molecule has 0 radical (unpaired) electrons. The molecular weight excluding hydrogens is 404 g/mol. The third kappa shape index (κ3) is 8.05. The standard InChI is InChI=1S/C12H10Si.2C5H5.2Fe/c1-13(2,11-7-3-4-8-11)12-9-5-6-10-12;2*1-2-4-5-3-1;;/h3-4,7-8H,1-2H3;2*1-5H;;/q-6;2*-1;;. The van der Waals surface area contributed by atoms with Gasteiger partial charge in [-0.1, -0.05) is 0 Å². The molecule has 4 rings (SSSR count). The van der Waals surface area contributed by atoms with Gasteiger partial charge in [0.2, 0.25) is 0 Å². The van der Waals surface area contributed by atoms with Gasteiger partial charge in [-0.05, 0) is 0 Å². The minimum Gasteiger partial charge on any atom is -0.999 e. The first-order chi connectivity index (χ1) is 11.2. The molecule has 0 aliphatic rings. The molecule has 0 aliphatic heterocycles. The summed E-state index contributed by atoms with van der Waals surface area (Å²) in [5, 5.41) is 2.59. The van der Waals surface area contributed by atoms with Crippen LogP contribution in [0, 0.1) is 24.3 Å². The van der Waals surface area contributed by atoms with Crippen LogP contribution >= 0.6 is 0 Å². The molecule has 0 atom stereocenters. The van der Waals surface area contributed by atoms with E-state index in [4.69, 9.17) is 0 Å². The van der Waals surface area contributed by atoms with E-state index in [0.29, 0.717) is 0 Å². The van der Waals surface area contributed by atoms with Gasteiger partial charge < -0.3 is 29.5 Å². The second kappa shape index (κ2) is 12.9. The summed E-state index contributed by atoms with van der Waals surface area (Å²) < 4.78 is 0. The zero-order chi connectivity index (χ0) is 16.4. The summed E-state index contributed by atoms with van der Waals surface area (Å²) in [5.41, 5.74) is 0. The van der Waals surface area contributed by atoms with Crippen LogP contribution in [-0.2, 0) is 34.1 Å². The zero-order valence-corrected chi connectivity index (χ0v) is 17.5. The Hall–Kier alpha value is -1.34. The van der Waals surface area contributed by atoms with Crippen LogP contribution in [-0.4, -0.2) is 8.07 Å². The number of hydrogen-bond acceptors (Lipinski definition) is 0. The second-order valence-corrected chi connectivity index (χ2v) is 9.93. The molecule has 0 unspecified atom stereocenters. The van der Waals surface area contributed by atoms with Gasteiger partial charge in [0.05, 0.1) is 0 Å². The quantitative estimate of drug-likeness (QED) is 0.338. The van der Waals surface area contributed by atoms with E-state index in [1.807, 2.05) is 60.7 Å². The van der Waals surface area contributed by atoms with E-state index in [9.17, 15) is 0 Å². The van der Waals surface area contributed by atoms with Gasteiger partial charge in [0, 0.05) is 34.1 Å². The third-order valence-electron chi connectivity index (χ3n) is 3.56. The molecule has 0 bridgehead atoms. The largest absolute Gasteiger partial charge is 0.999 e. The number of rotatable bonds is 2. The Labute approximate surface area is 174 Å². The van der Waals surface area contributed by atoms with E-state index in [2.05, 4.69) is 61.6 Å². The van der Waals surface area contributed by atoms with Crippen LogP contribution in [0.1, 0.15) is 0 Å². The maximum Gasteiger partial charge on any atom is 0 e. The summed E-state index contributed by atoms with van der Waals surface area (Å²) in [7, 11) is -1.52. The van der Waals surface area contributed by atoms with Crippen molar-refractivity contribution < 1.29 is 34.1 Å². The van der Waals surface area contributed by atoms with Gasteiger partial charge in [0.25, 0.3) is 0 Å². The summed E-state index contributed by atoms with van der Waals surface area (Å²) in [5.74, 6) is 0. The molecule has 4 aromatic rings. The molecule has 0 saturated heterocycles. The molecule has 0 heterocycles. The van der Waals surface area contributed by atoms with Crippen LogP contribution in [0.15, 0.2) is 84.9 Å². The van der Waals surface area contributed by atoms with Crippen molar-refractivity contribution in [3.8, 4) is 0 Å². The van der Waals surface area contributed by atoms with Crippen molar-refractivity contribution in [2.75, 3.05) is 0 Å². The van der Waals surface area contributed by atoms with E-state index in [1.165, 1.54) is 10.4 Å². The first-order valence-corrected chi connectivity index (χ1v) is 10.7. The molecule has 0 fully saturated rings. The molecule has 0 aromatic heterocycles. The van der Waals surface area contributed by atoms with Crippen LogP contribution in [0.2, 0.25) is 13.1 Å². The van der Waals surface area contributed by atoms with Gasteiger partial charge in [-0.15, -0.1) is 13.1 Å². The Kier molecular flexibility index (Phi) is 12.2. The molecule has 0 saturated carbocycles. The Morgan fingerprint density at radius 3 is 1.40 bits per heavy atom. The Morgan fingerprint density at radius 2 is 1.08 bits per heavy atom. The summed E-state index contributed by atoms with van der Waals surface area (Å²) >= 11 is 0. The van der Waals surface area contributed by atoms with Crippen molar-refractivity contribution in [2.45, 2.75) is 13.1 Å². The van der Waals surface area contributed by atoms with Gasteiger partial charge >= 0.3 is 0 Å². The molecule has 136 valence electrons. The molecule has 4 aromatic carbocycles. The van der Waals surface area contributed by atoms with E-state index in [0.717, 1.165) is 0 Å². The smallest absolute Gasteiger partial charge is 0 e. The van der Waals surface area contributed by atoms with Gasteiger partial charge in [-0.2, -0.15) is 61.8 Å². The fourth-order valence-electron chi connectivity index (χ4n) is 2.11. The Balaban J connectivity index is 0.000000400. The molecule has 0 nitrogen and oxygen atoms in total. The van der Waals surface area contributed by atoms with Crippen molar-refractivity contribution in [3.05, 3.63) is 109 Å². The maximum absolute atomic E-state index is 3.09. The van der Waals surface area contributed by atoms with Crippen molar-refractivity contribution in [1.82, 2.24) is 0 Å². The fraction of sp³-hybridized carbons (Fsp3) is 0.0909. The monoisotopic (exact) mass is 424 g/mol. The van der Waals surface area contributed by atoms with E-state index in [1.54, 1.807) is 0 Å². The first-order valence-electron chi connectivity index (χ1n) is 7.66. The minimum atomic E-state index is -1.52. The van der Waals surface area contributed by atoms with Crippen LogP contribution in [0.25, 0.3) is 0 Å². The normalized spacial score (nSPS) is 9.36. The summed E-state index contributed by atoms with van der Waals surface area (Å²) in [6, 6.07) is 40.4. The number of hydrogen-bond donors (Lipinski definition) is 0. The van der Waals surface area contributed by atoms with Gasteiger partial charge in [0.15, 0.2) is 0 Å². The Bertz CT molecular complexity index is 591. The third-order valence-corrected chi connectivity index (χ3v) is 6.83. The molecule has 25 heavy (non-hydrogen) atoms. The molecule has 0 aliphatic carbocycles. The summed E-state index contributed by atoms with van der Waals surface area (Å²) in [6.45, 7) is 4.60. The average Bonchev–Trinajstić information content (AvgIpc) is 3.44. The maximum atomic E-state index is 3.09. The van der Waals surface area contributed by atoms with Crippen LogP contribution < -0.4 is 10.4 Å². The first kappa shape index (κ1) is 23.7. The van der Waals surface area contributed by atoms with Crippen LogP contribution in [0.5, 0.6) is 0 Å². The minimum absolute atomic E-state index is 0. The van der Waals surface area contributed by atoms with E-state index in [-0.39, 0.29) is 34.1 Å². The average molecular weight is 424 g/mol. The zero-order valence-electron chi connectivity index (χ0n) is 14.3. The topological polar surface area (TPSA) is 0 Å². The second-order valence-electron chi connectivity index (χ2n) is 5.60. The predicted molar refractivity (Wildman–Crippen MR) is 100 cm³/mol. The van der Waals surface area contributed by atoms with Crippen molar-refractivity contribution in [1.29, 1.82) is 0 Å². The molecule has 0 amide bonds. The summed E-state index contributed by atoms with van der Waals surface area (Å²) in [6.07, 6.45) is 0.